The zero-order chi connectivity index (χ0) is 18.1. The van der Waals surface area contributed by atoms with Crippen molar-refractivity contribution in [2.75, 3.05) is 33.2 Å². The number of aryl methyl sites for hydroxylation is 2. The van der Waals surface area contributed by atoms with Crippen LogP contribution < -0.4 is 11.2 Å². The van der Waals surface area contributed by atoms with Gasteiger partial charge in [0, 0.05) is 46.8 Å². The van der Waals surface area contributed by atoms with Crippen LogP contribution in [-0.4, -0.2) is 61.7 Å². The van der Waals surface area contributed by atoms with E-state index in [9.17, 15) is 9.59 Å². The van der Waals surface area contributed by atoms with Gasteiger partial charge in [-0.1, -0.05) is 13.3 Å². The highest BCUT2D eigenvalue weighted by atomic mass is 16.2. The molecule has 0 amide bonds. The summed E-state index contributed by atoms with van der Waals surface area (Å²) in [6, 6.07) is 0. The number of hydrogen-bond acceptors (Lipinski definition) is 5. The van der Waals surface area contributed by atoms with Gasteiger partial charge in [-0.05, 0) is 13.5 Å². The fourth-order valence-electron chi connectivity index (χ4n) is 3.38. The van der Waals surface area contributed by atoms with E-state index in [1.54, 1.807) is 7.05 Å². The number of nitrogens with zero attached hydrogens (tertiary/aromatic N) is 6. The van der Waals surface area contributed by atoms with Gasteiger partial charge in [-0.15, -0.1) is 0 Å². The molecule has 0 unspecified atom stereocenters. The molecule has 138 valence electrons. The first kappa shape index (κ1) is 17.9. The van der Waals surface area contributed by atoms with E-state index in [0.29, 0.717) is 17.7 Å². The minimum Gasteiger partial charge on any atom is -0.321 e. The van der Waals surface area contributed by atoms with Crippen LogP contribution >= 0.6 is 0 Å². The van der Waals surface area contributed by atoms with Crippen molar-refractivity contribution < 1.29 is 0 Å². The molecule has 0 saturated carbocycles. The Morgan fingerprint density at radius 2 is 1.68 bits per heavy atom. The molecule has 0 aliphatic carbocycles. The summed E-state index contributed by atoms with van der Waals surface area (Å²) in [7, 11) is 5.34. The van der Waals surface area contributed by atoms with Crippen molar-refractivity contribution in [3.63, 3.8) is 0 Å². The van der Waals surface area contributed by atoms with Crippen molar-refractivity contribution >= 4 is 11.2 Å². The maximum atomic E-state index is 12.7. The van der Waals surface area contributed by atoms with Crippen LogP contribution in [0.3, 0.4) is 0 Å². The third-order valence-electron chi connectivity index (χ3n) is 5.12. The van der Waals surface area contributed by atoms with Crippen molar-refractivity contribution in [1.29, 1.82) is 0 Å². The van der Waals surface area contributed by atoms with Crippen molar-refractivity contribution in [1.82, 2.24) is 28.5 Å². The summed E-state index contributed by atoms with van der Waals surface area (Å²) in [6.45, 7) is 7.65. The summed E-state index contributed by atoms with van der Waals surface area (Å²) in [5, 5.41) is 0. The molecular weight excluding hydrogens is 320 g/mol. The maximum absolute atomic E-state index is 12.7. The van der Waals surface area contributed by atoms with Crippen LogP contribution in [0.25, 0.3) is 11.2 Å². The highest BCUT2D eigenvalue weighted by Gasteiger charge is 2.21. The van der Waals surface area contributed by atoms with Crippen LogP contribution in [0.4, 0.5) is 0 Å². The first-order valence-electron chi connectivity index (χ1n) is 9.00. The number of imidazole rings is 1. The summed E-state index contributed by atoms with van der Waals surface area (Å²) in [4.78, 5) is 34.3. The number of piperazine rings is 1. The molecule has 0 atom stereocenters. The first-order valence-corrected chi connectivity index (χ1v) is 9.00. The molecule has 0 radical (unpaired) electrons. The van der Waals surface area contributed by atoms with Crippen LogP contribution in [0.2, 0.25) is 0 Å². The molecule has 2 aromatic rings. The van der Waals surface area contributed by atoms with E-state index in [4.69, 9.17) is 4.98 Å². The Labute approximate surface area is 147 Å². The Morgan fingerprint density at radius 3 is 2.32 bits per heavy atom. The van der Waals surface area contributed by atoms with Gasteiger partial charge in [0.2, 0.25) is 0 Å². The molecule has 3 rings (SSSR count). The largest absolute Gasteiger partial charge is 0.332 e. The predicted molar refractivity (Wildman–Crippen MR) is 97.9 cm³/mol. The van der Waals surface area contributed by atoms with Gasteiger partial charge in [0.1, 0.15) is 5.82 Å². The molecule has 2 aromatic heterocycles. The van der Waals surface area contributed by atoms with E-state index < -0.39 is 0 Å². The Hall–Kier alpha value is -1.93. The zero-order valence-electron chi connectivity index (χ0n) is 15.7. The topological polar surface area (TPSA) is 68.3 Å². The number of fused-ring (bicyclic) bond motifs is 1. The molecule has 1 aliphatic heterocycles. The van der Waals surface area contributed by atoms with Crippen LogP contribution in [0.5, 0.6) is 0 Å². The highest BCUT2D eigenvalue weighted by Crippen LogP contribution is 2.15. The van der Waals surface area contributed by atoms with Gasteiger partial charge in [-0.25, -0.2) is 9.78 Å². The van der Waals surface area contributed by atoms with Crippen LogP contribution in [0.15, 0.2) is 9.59 Å². The minimum absolute atomic E-state index is 0.258. The second-order valence-corrected chi connectivity index (χ2v) is 6.99. The molecule has 0 aromatic carbocycles. The quantitative estimate of drug-likeness (QED) is 0.760. The molecular formula is C17H28N6O2. The molecule has 3 heterocycles. The minimum atomic E-state index is -0.330. The maximum Gasteiger partial charge on any atom is 0.332 e. The smallest absolute Gasteiger partial charge is 0.321 e. The fourth-order valence-corrected chi connectivity index (χ4v) is 3.38. The van der Waals surface area contributed by atoms with E-state index in [1.807, 2.05) is 4.57 Å². The lowest BCUT2D eigenvalue weighted by Crippen LogP contribution is -2.44. The van der Waals surface area contributed by atoms with Gasteiger partial charge in [0.05, 0.1) is 6.54 Å². The number of rotatable bonds is 5. The van der Waals surface area contributed by atoms with Gasteiger partial charge in [-0.3, -0.25) is 18.8 Å². The van der Waals surface area contributed by atoms with Crippen LogP contribution in [-0.2, 0) is 27.2 Å². The van der Waals surface area contributed by atoms with Gasteiger partial charge < -0.3 is 9.47 Å². The molecule has 0 bridgehead atoms. The first-order chi connectivity index (χ1) is 11.9. The summed E-state index contributed by atoms with van der Waals surface area (Å²) in [5.74, 6) is 0.881. The molecule has 1 fully saturated rings. The molecule has 1 saturated heterocycles. The lowest BCUT2D eigenvalue weighted by atomic mass is 10.3. The van der Waals surface area contributed by atoms with E-state index in [-0.39, 0.29) is 11.2 Å². The Kier molecular flexibility index (Phi) is 5.10. The third-order valence-corrected chi connectivity index (χ3v) is 5.12. The van der Waals surface area contributed by atoms with Crippen molar-refractivity contribution in [3.05, 3.63) is 26.7 Å². The van der Waals surface area contributed by atoms with Gasteiger partial charge in [-0.2, -0.15) is 0 Å². The highest BCUT2D eigenvalue weighted by molar-refractivity contribution is 5.71. The number of hydrogen-bond donors (Lipinski definition) is 0. The SMILES string of the molecule is CCCCn1c(CN2CCN(C)CC2)nc2c1c(=O)n(C)c(=O)n2C. The molecule has 8 heteroatoms. The Bertz CT molecular complexity index is 870. The molecule has 0 spiro atoms. The Balaban J connectivity index is 2.07. The van der Waals surface area contributed by atoms with Crippen molar-refractivity contribution in [3.8, 4) is 0 Å². The monoisotopic (exact) mass is 348 g/mol. The van der Waals surface area contributed by atoms with Crippen LogP contribution in [0.1, 0.15) is 25.6 Å². The number of likely N-dealkylation sites (N-methyl/N-ethyl adjacent to an activating group) is 1. The van der Waals surface area contributed by atoms with Crippen molar-refractivity contribution in [2.45, 2.75) is 32.9 Å². The summed E-state index contributed by atoms with van der Waals surface area (Å²) in [6.07, 6.45) is 2.02. The average Bonchev–Trinajstić information content (AvgIpc) is 2.96. The van der Waals surface area contributed by atoms with E-state index in [2.05, 4.69) is 23.8 Å². The third kappa shape index (κ3) is 3.28. The number of unbranched alkanes of at least 4 members (excludes halogenated alkanes) is 1. The lowest BCUT2D eigenvalue weighted by Gasteiger charge is -2.32. The van der Waals surface area contributed by atoms with E-state index in [0.717, 1.165) is 51.4 Å². The molecule has 8 nitrogen and oxygen atoms in total. The zero-order valence-corrected chi connectivity index (χ0v) is 15.7. The summed E-state index contributed by atoms with van der Waals surface area (Å²) < 4.78 is 4.68. The standard InChI is InChI=1S/C17H28N6O2/c1-5-6-7-23-13(12-22-10-8-19(2)9-11-22)18-15-14(23)16(24)21(4)17(25)20(15)3/h5-12H2,1-4H3. The fraction of sp³-hybridized carbons (Fsp3) is 0.706. The van der Waals surface area contributed by atoms with Crippen LogP contribution in [0, 0.1) is 0 Å². The second kappa shape index (κ2) is 7.13. The second-order valence-electron chi connectivity index (χ2n) is 6.99. The predicted octanol–water partition coefficient (Wildman–Crippen LogP) is -0.0188. The normalized spacial score (nSPS) is 16.8. The van der Waals surface area contributed by atoms with Crippen molar-refractivity contribution in [2.24, 2.45) is 14.1 Å². The summed E-state index contributed by atoms with van der Waals surface area (Å²) >= 11 is 0. The van der Waals surface area contributed by atoms with Gasteiger partial charge in [0.25, 0.3) is 5.56 Å². The van der Waals surface area contributed by atoms with E-state index in [1.165, 1.54) is 16.2 Å². The number of aromatic nitrogens is 4. The molecule has 0 N–H and O–H groups in total. The Morgan fingerprint density at radius 1 is 1.00 bits per heavy atom. The van der Waals surface area contributed by atoms with Gasteiger partial charge in [0.15, 0.2) is 11.2 Å². The summed E-state index contributed by atoms with van der Waals surface area (Å²) in [5.41, 5.74) is 0.450. The van der Waals surface area contributed by atoms with Gasteiger partial charge >= 0.3 is 5.69 Å². The lowest BCUT2D eigenvalue weighted by molar-refractivity contribution is 0.144. The molecule has 25 heavy (non-hydrogen) atoms. The van der Waals surface area contributed by atoms with E-state index >= 15 is 0 Å². The molecule has 1 aliphatic rings. The average molecular weight is 348 g/mol.